The molecule has 1 aromatic heterocycles. The Morgan fingerprint density at radius 1 is 1.56 bits per heavy atom. The number of anilines is 1. The first-order valence-corrected chi connectivity index (χ1v) is 6.16. The molecule has 0 bridgehead atoms. The summed E-state index contributed by atoms with van der Waals surface area (Å²) in [6, 6.07) is 5.94. The predicted octanol–water partition coefficient (Wildman–Crippen LogP) is 1.74. The lowest BCUT2D eigenvalue weighted by Crippen LogP contribution is -2.28. The SMILES string of the molecule is CC(C)CN(CCC#N)Cc1cc(NN)ccn1. The Balaban J connectivity index is 2.65. The van der Waals surface area contributed by atoms with Crippen LogP contribution in [0.1, 0.15) is 26.0 Å². The molecule has 0 spiro atoms. The van der Waals surface area contributed by atoms with Crippen molar-refractivity contribution in [1.82, 2.24) is 9.88 Å². The van der Waals surface area contributed by atoms with Crippen LogP contribution in [-0.4, -0.2) is 23.0 Å². The van der Waals surface area contributed by atoms with E-state index >= 15 is 0 Å². The van der Waals surface area contributed by atoms with Gasteiger partial charge in [0.15, 0.2) is 0 Å². The monoisotopic (exact) mass is 247 g/mol. The van der Waals surface area contributed by atoms with Crippen LogP contribution in [0.5, 0.6) is 0 Å². The molecule has 0 fully saturated rings. The van der Waals surface area contributed by atoms with Gasteiger partial charge in [0.25, 0.3) is 0 Å². The number of hydrogen-bond donors (Lipinski definition) is 2. The lowest BCUT2D eigenvalue weighted by Gasteiger charge is -2.22. The highest BCUT2D eigenvalue weighted by atomic mass is 15.2. The largest absolute Gasteiger partial charge is 0.324 e. The molecule has 1 aromatic rings. The Hall–Kier alpha value is -1.64. The van der Waals surface area contributed by atoms with Crippen molar-refractivity contribution in [3.63, 3.8) is 0 Å². The topological polar surface area (TPSA) is 78.0 Å². The molecule has 0 aromatic carbocycles. The second-order valence-electron chi connectivity index (χ2n) is 4.72. The Labute approximate surface area is 109 Å². The fourth-order valence-corrected chi connectivity index (χ4v) is 1.84. The van der Waals surface area contributed by atoms with Gasteiger partial charge in [-0.2, -0.15) is 5.26 Å². The Bertz CT molecular complexity index is 397. The van der Waals surface area contributed by atoms with Gasteiger partial charge in [0, 0.05) is 32.3 Å². The van der Waals surface area contributed by atoms with Gasteiger partial charge < -0.3 is 5.43 Å². The molecule has 0 atom stereocenters. The van der Waals surface area contributed by atoms with Crippen LogP contribution in [0.2, 0.25) is 0 Å². The lowest BCUT2D eigenvalue weighted by molar-refractivity contribution is 0.238. The summed E-state index contributed by atoms with van der Waals surface area (Å²) in [6.45, 7) is 6.82. The van der Waals surface area contributed by atoms with Crippen LogP contribution in [0.4, 0.5) is 5.69 Å². The predicted molar refractivity (Wildman–Crippen MR) is 72.4 cm³/mol. The maximum atomic E-state index is 8.68. The van der Waals surface area contributed by atoms with E-state index in [0.29, 0.717) is 12.3 Å². The van der Waals surface area contributed by atoms with Crippen LogP contribution < -0.4 is 11.3 Å². The maximum absolute atomic E-state index is 8.68. The van der Waals surface area contributed by atoms with E-state index in [2.05, 4.69) is 35.2 Å². The van der Waals surface area contributed by atoms with Gasteiger partial charge >= 0.3 is 0 Å². The average Bonchev–Trinajstić information content (AvgIpc) is 2.35. The van der Waals surface area contributed by atoms with E-state index in [0.717, 1.165) is 31.0 Å². The summed E-state index contributed by atoms with van der Waals surface area (Å²) < 4.78 is 0. The van der Waals surface area contributed by atoms with E-state index < -0.39 is 0 Å². The zero-order valence-corrected chi connectivity index (χ0v) is 11.1. The zero-order chi connectivity index (χ0) is 13.4. The molecule has 0 radical (unpaired) electrons. The summed E-state index contributed by atoms with van der Waals surface area (Å²) in [7, 11) is 0. The van der Waals surface area contributed by atoms with Crippen molar-refractivity contribution in [2.45, 2.75) is 26.8 Å². The molecule has 18 heavy (non-hydrogen) atoms. The van der Waals surface area contributed by atoms with Crippen molar-refractivity contribution in [1.29, 1.82) is 5.26 Å². The highest BCUT2D eigenvalue weighted by molar-refractivity contribution is 5.41. The van der Waals surface area contributed by atoms with E-state index in [1.807, 2.05) is 12.1 Å². The zero-order valence-electron chi connectivity index (χ0n) is 11.1. The van der Waals surface area contributed by atoms with E-state index in [9.17, 15) is 0 Å². The smallest absolute Gasteiger partial charge is 0.0635 e. The van der Waals surface area contributed by atoms with Gasteiger partial charge in [-0.3, -0.25) is 15.7 Å². The highest BCUT2D eigenvalue weighted by Gasteiger charge is 2.09. The maximum Gasteiger partial charge on any atom is 0.0635 e. The molecule has 0 aliphatic carbocycles. The normalized spacial score (nSPS) is 10.7. The number of rotatable bonds is 7. The van der Waals surface area contributed by atoms with E-state index in [-0.39, 0.29) is 0 Å². The number of nitriles is 1. The van der Waals surface area contributed by atoms with Gasteiger partial charge in [-0.25, -0.2) is 0 Å². The first kappa shape index (κ1) is 14.4. The summed E-state index contributed by atoms with van der Waals surface area (Å²) >= 11 is 0. The van der Waals surface area contributed by atoms with Crippen molar-refractivity contribution in [3.05, 3.63) is 24.0 Å². The number of hydrogen-bond acceptors (Lipinski definition) is 5. The van der Waals surface area contributed by atoms with Gasteiger partial charge in [-0.1, -0.05) is 13.8 Å². The second kappa shape index (κ2) is 7.64. The van der Waals surface area contributed by atoms with Crippen molar-refractivity contribution in [2.75, 3.05) is 18.5 Å². The first-order chi connectivity index (χ1) is 8.65. The van der Waals surface area contributed by atoms with Crippen molar-refractivity contribution in [2.24, 2.45) is 11.8 Å². The molecule has 1 rings (SSSR count). The molecule has 0 saturated carbocycles. The summed E-state index contributed by atoms with van der Waals surface area (Å²) in [4.78, 5) is 6.57. The molecule has 0 aliphatic rings. The highest BCUT2D eigenvalue weighted by Crippen LogP contribution is 2.10. The van der Waals surface area contributed by atoms with Gasteiger partial charge in [0.2, 0.25) is 0 Å². The summed E-state index contributed by atoms with van der Waals surface area (Å²) in [5.41, 5.74) is 4.43. The van der Waals surface area contributed by atoms with Crippen LogP contribution in [-0.2, 0) is 6.54 Å². The van der Waals surface area contributed by atoms with Crippen molar-refractivity contribution in [3.8, 4) is 6.07 Å². The lowest BCUT2D eigenvalue weighted by atomic mass is 10.2. The molecule has 0 saturated heterocycles. The van der Waals surface area contributed by atoms with Crippen molar-refractivity contribution >= 4 is 5.69 Å². The van der Waals surface area contributed by atoms with Crippen LogP contribution in [0.15, 0.2) is 18.3 Å². The number of hydrazine groups is 1. The molecule has 3 N–H and O–H groups in total. The molecule has 1 heterocycles. The van der Waals surface area contributed by atoms with Gasteiger partial charge in [-0.15, -0.1) is 0 Å². The number of nitrogen functional groups attached to an aromatic ring is 1. The summed E-state index contributed by atoms with van der Waals surface area (Å²) in [5.74, 6) is 5.95. The third kappa shape index (κ3) is 5.13. The molecule has 0 amide bonds. The molecule has 5 heteroatoms. The van der Waals surface area contributed by atoms with E-state index in [4.69, 9.17) is 11.1 Å². The van der Waals surface area contributed by atoms with Crippen molar-refractivity contribution < 1.29 is 0 Å². The molecule has 0 unspecified atom stereocenters. The van der Waals surface area contributed by atoms with Crippen LogP contribution >= 0.6 is 0 Å². The third-order valence-electron chi connectivity index (χ3n) is 2.53. The number of pyridine rings is 1. The number of nitrogens with zero attached hydrogens (tertiary/aromatic N) is 3. The average molecular weight is 247 g/mol. The van der Waals surface area contributed by atoms with Crippen LogP contribution in [0.25, 0.3) is 0 Å². The summed E-state index contributed by atoms with van der Waals surface area (Å²) in [5, 5.41) is 8.68. The molecular weight excluding hydrogens is 226 g/mol. The van der Waals surface area contributed by atoms with E-state index in [1.54, 1.807) is 6.20 Å². The number of nitrogens with one attached hydrogen (secondary N) is 1. The van der Waals surface area contributed by atoms with Crippen LogP contribution in [0, 0.1) is 17.2 Å². The molecule has 98 valence electrons. The second-order valence-corrected chi connectivity index (χ2v) is 4.72. The standard InChI is InChI=1S/C13H21N5/c1-11(2)9-18(7-3-5-14)10-13-8-12(17-15)4-6-16-13/h4,6,8,11H,3,7,9-10,15H2,1-2H3,(H,16,17). The minimum absolute atomic E-state index is 0.543. The Kier molecular flexibility index (Phi) is 6.12. The van der Waals surface area contributed by atoms with Gasteiger partial charge in [-0.05, 0) is 18.1 Å². The first-order valence-electron chi connectivity index (χ1n) is 6.16. The molecular formula is C13H21N5. The minimum atomic E-state index is 0.543. The summed E-state index contributed by atoms with van der Waals surface area (Å²) in [6.07, 6.45) is 2.28. The minimum Gasteiger partial charge on any atom is -0.324 e. The van der Waals surface area contributed by atoms with Gasteiger partial charge in [0.05, 0.1) is 17.5 Å². The third-order valence-corrected chi connectivity index (χ3v) is 2.53. The number of nitrogens with two attached hydrogens (primary N) is 1. The fraction of sp³-hybridized carbons (Fsp3) is 0.538. The fourth-order valence-electron chi connectivity index (χ4n) is 1.84. The van der Waals surface area contributed by atoms with Gasteiger partial charge in [0.1, 0.15) is 0 Å². The van der Waals surface area contributed by atoms with Crippen LogP contribution in [0.3, 0.4) is 0 Å². The Morgan fingerprint density at radius 3 is 2.94 bits per heavy atom. The Morgan fingerprint density at radius 2 is 2.33 bits per heavy atom. The molecule has 0 aliphatic heterocycles. The van der Waals surface area contributed by atoms with E-state index in [1.165, 1.54) is 0 Å². The number of aromatic nitrogens is 1. The molecule has 5 nitrogen and oxygen atoms in total. The quantitative estimate of drug-likeness (QED) is 0.567.